The normalized spacial score (nSPS) is 18.6. The van der Waals surface area contributed by atoms with E-state index < -0.39 is 18.3 Å². The molecule has 0 saturated heterocycles. The number of aromatic nitrogens is 5. The van der Waals surface area contributed by atoms with E-state index in [0.29, 0.717) is 58.8 Å². The highest BCUT2D eigenvalue weighted by Crippen LogP contribution is 2.46. The van der Waals surface area contributed by atoms with Crippen molar-refractivity contribution in [3.05, 3.63) is 53.7 Å². The summed E-state index contributed by atoms with van der Waals surface area (Å²) in [5.74, 6) is -2.63. The van der Waals surface area contributed by atoms with Crippen molar-refractivity contribution in [2.24, 2.45) is 7.05 Å². The first-order valence-corrected chi connectivity index (χ1v) is 12.8. The van der Waals surface area contributed by atoms with E-state index in [4.69, 9.17) is 4.98 Å². The molecule has 3 aromatic heterocycles. The zero-order valence-electron chi connectivity index (χ0n) is 21.5. The Balaban J connectivity index is 1.54. The molecule has 1 unspecified atom stereocenters. The lowest BCUT2D eigenvalue weighted by molar-refractivity contribution is 0.00742. The zero-order valence-corrected chi connectivity index (χ0v) is 21.5. The van der Waals surface area contributed by atoms with Crippen LogP contribution in [0.15, 0.2) is 36.7 Å². The van der Waals surface area contributed by atoms with Crippen molar-refractivity contribution in [1.29, 1.82) is 0 Å². The summed E-state index contributed by atoms with van der Waals surface area (Å²) in [4.78, 5) is 23.6. The number of fused-ring (bicyclic) bond motifs is 2. The van der Waals surface area contributed by atoms with Crippen molar-refractivity contribution in [2.75, 3.05) is 13.6 Å². The molecule has 1 N–H and O–H groups in total. The molecule has 8 nitrogen and oxygen atoms in total. The fraction of sp³-hybridized carbons (Fsp3) is 0.407. The van der Waals surface area contributed by atoms with Gasteiger partial charge in [-0.3, -0.25) is 4.68 Å². The minimum absolute atomic E-state index is 0.147. The van der Waals surface area contributed by atoms with Crippen molar-refractivity contribution < 1.29 is 22.4 Å². The minimum Gasteiger partial charge on any atom is -0.341 e. The lowest BCUT2D eigenvalue weighted by atomic mass is 9.99. The summed E-state index contributed by atoms with van der Waals surface area (Å²) in [6.45, 7) is 1.02. The van der Waals surface area contributed by atoms with Crippen LogP contribution in [0.25, 0.3) is 33.4 Å². The highest BCUT2D eigenvalue weighted by molar-refractivity contribution is 5.96. The average molecular weight is 542 g/mol. The largest absolute Gasteiger partial charge is 0.341 e. The van der Waals surface area contributed by atoms with E-state index in [0.717, 1.165) is 0 Å². The summed E-state index contributed by atoms with van der Waals surface area (Å²) in [6, 6.07) is 6.46. The molecule has 1 aliphatic heterocycles. The SMILES string of the molecule is CNC(=O)N1CCn2c(C3CCC(F)(F)C3)nc(-c3cccc4nc(-c5cnn(C)c5)c(C(F)F)cc34)c2C1. The van der Waals surface area contributed by atoms with Gasteiger partial charge in [0.25, 0.3) is 6.43 Å². The Labute approximate surface area is 221 Å². The maximum atomic E-state index is 14.3. The molecule has 39 heavy (non-hydrogen) atoms. The number of pyridine rings is 1. The van der Waals surface area contributed by atoms with Gasteiger partial charge >= 0.3 is 6.03 Å². The van der Waals surface area contributed by atoms with E-state index in [2.05, 4.69) is 15.4 Å². The highest BCUT2D eigenvalue weighted by Gasteiger charge is 2.43. The fourth-order valence-electron chi connectivity index (χ4n) is 5.78. The van der Waals surface area contributed by atoms with Gasteiger partial charge in [-0.2, -0.15) is 5.10 Å². The second-order valence-electron chi connectivity index (χ2n) is 10.2. The number of imidazole rings is 1. The van der Waals surface area contributed by atoms with Crippen LogP contribution in [-0.2, 0) is 20.1 Å². The molecule has 204 valence electrons. The number of halogens is 4. The van der Waals surface area contributed by atoms with Gasteiger partial charge in [0.2, 0.25) is 5.92 Å². The summed E-state index contributed by atoms with van der Waals surface area (Å²) in [6.07, 6.45) is 0.152. The van der Waals surface area contributed by atoms with Crippen molar-refractivity contribution >= 4 is 16.9 Å². The molecule has 0 spiro atoms. The van der Waals surface area contributed by atoms with Gasteiger partial charge in [0, 0.05) is 74.2 Å². The Morgan fingerprint density at radius 3 is 2.67 bits per heavy atom. The minimum atomic E-state index is -2.79. The summed E-state index contributed by atoms with van der Waals surface area (Å²) in [5.41, 5.74) is 2.63. The highest BCUT2D eigenvalue weighted by atomic mass is 19.3. The van der Waals surface area contributed by atoms with Crippen LogP contribution in [0.4, 0.5) is 22.4 Å². The lowest BCUT2D eigenvalue weighted by Crippen LogP contribution is -2.43. The van der Waals surface area contributed by atoms with Crippen molar-refractivity contribution in [3.63, 3.8) is 0 Å². The standard InChI is InChI=1S/C27H27F4N7O/c1-32-26(39)37-8-9-38-21(14-37)23(35-25(38)15-6-7-27(30,31)11-15)17-4-3-5-20-18(17)10-19(24(28)29)22(34-20)16-12-33-36(2)13-16/h3-5,10,12-13,15,24H,6-9,11,14H2,1-2H3,(H,32,39). The van der Waals surface area contributed by atoms with E-state index in [9.17, 15) is 22.4 Å². The Hall–Kier alpha value is -3.96. The third kappa shape index (κ3) is 4.41. The van der Waals surface area contributed by atoms with Crippen molar-refractivity contribution in [1.82, 2.24) is 34.5 Å². The number of benzene rings is 1. The monoisotopic (exact) mass is 541 g/mol. The Kier molecular flexibility index (Phi) is 6.07. The molecule has 2 amide bonds. The van der Waals surface area contributed by atoms with E-state index >= 15 is 0 Å². The number of hydrogen-bond donors (Lipinski definition) is 1. The molecule has 4 heterocycles. The second kappa shape index (κ2) is 9.35. The molecule has 1 aliphatic carbocycles. The molecule has 1 atom stereocenters. The van der Waals surface area contributed by atoms with Crippen LogP contribution in [0, 0.1) is 0 Å². The number of carbonyl (C=O) groups excluding carboxylic acids is 1. The van der Waals surface area contributed by atoms with Gasteiger partial charge in [0.1, 0.15) is 5.82 Å². The maximum Gasteiger partial charge on any atom is 0.317 e. The van der Waals surface area contributed by atoms with E-state index in [1.165, 1.54) is 16.9 Å². The van der Waals surface area contributed by atoms with Gasteiger partial charge < -0.3 is 14.8 Å². The number of alkyl halides is 4. The van der Waals surface area contributed by atoms with Crippen LogP contribution >= 0.6 is 0 Å². The molecule has 12 heteroatoms. The molecular weight excluding hydrogens is 514 g/mol. The summed E-state index contributed by atoms with van der Waals surface area (Å²) >= 11 is 0. The molecule has 2 aliphatic rings. The number of aryl methyl sites for hydroxylation is 1. The van der Waals surface area contributed by atoms with E-state index in [1.54, 1.807) is 43.4 Å². The first kappa shape index (κ1) is 25.3. The molecule has 0 radical (unpaired) electrons. The smallest absolute Gasteiger partial charge is 0.317 e. The molecule has 1 fully saturated rings. The molecule has 6 rings (SSSR count). The van der Waals surface area contributed by atoms with Crippen LogP contribution < -0.4 is 5.32 Å². The van der Waals surface area contributed by atoms with Gasteiger partial charge in [-0.15, -0.1) is 0 Å². The molecule has 1 aromatic carbocycles. The summed E-state index contributed by atoms with van der Waals surface area (Å²) in [5, 5.41) is 7.20. The van der Waals surface area contributed by atoms with E-state index in [-0.39, 0.29) is 36.7 Å². The number of amides is 2. The summed E-state index contributed by atoms with van der Waals surface area (Å²) in [7, 11) is 3.25. The van der Waals surface area contributed by atoms with Gasteiger partial charge in [-0.1, -0.05) is 12.1 Å². The number of urea groups is 1. The zero-order chi connectivity index (χ0) is 27.5. The Bertz CT molecular complexity index is 1580. The molecule has 0 bridgehead atoms. The molecule has 1 saturated carbocycles. The predicted octanol–water partition coefficient (Wildman–Crippen LogP) is 5.49. The first-order chi connectivity index (χ1) is 18.6. The molecule has 4 aromatic rings. The Morgan fingerprint density at radius 2 is 2.00 bits per heavy atom. The number of nitrogens with one attached hydrogen (secondary N) is 1. The number of hydrogen-bond acceptors (Lipinski definition) is 4. The first-order valence-electron chi connectivity index (χ1n) is 12.8. The van der Waals surface area contributed by atoms with Crippen LogP contribution in [0.1, 0.15) is 48.7 Å². The summed E-state index contributed by atoms with van der Waals surface area (Å²) < 4.78 is 60.4. The van der Waals surface area contributed by atoms with Crippen LogP contribution in [-0.4, -0.2) is 54.8 Å². The Morgan fingerprint density at radius 1 is 1.18 bits per heavy atom. The quantitative estimate of drug-likeness (QED) is 0.347. The number of carbonyl (C=O) groups is 1. The van der Waals surface area contributed by atoms with Gasteiger partial charge in [-0.05, 0) is 18.6 Å². The third-order valence-electron chi connectivity index (χ3n) is 7.66. The van der Waals surface area contributed by atoms with Crippen LogP contribution in [0.3, 0.4) is 0 Å². The lowest BCUT2D eigenvalue weighted by Gasteiger charge is -2.30. The maximum absolute atomic E-state index is 14.3. The third-order valence-corrected chi connectivity index (χ3v) is 7.66. The second-order valence-corrected chi connectivity index (χ2v) is 10.2. The van der Waals surface area contributed by atoms with Crippen LogP contribution in [0.2, 0.25) is 0 Å². The van der Waals surface area contributed by atoms with Crippen LogP contribution in [0.5, 0.6) is 0 Å². The van der Waals surface area contributed by atoms with Crippen molar-refractivity contribution in [3.8, 4) is 22.5 Å². The number of nitrogens with zero attached hydrogens (tertiary/aromatic N) is 6. The number of rotatable bonds is 4. The molecular formula is C27H27F4N7O. The van der Waals surface area contributed by atoms with Gasteiger partial charge in [0.05, 0.1) is 35.3 Å². The predicted molar refractivity (Wildman–Crippen MR) is 137 cm³/mol. The fourth-order valence-corrected chi connectivity index (χ4v) is 5.78. The topological polar surface area (TPSA) is 80.9 Å². The van der Waals surface area contributed by atoms with Gasteiger partial charge in [-0.25, -0.2) is 32.3 Å². The van der Waals surface area contributed by atoms with Gasteiger partial charge in [0.15, 0.2) is 0 Å². The van der Waals surface area contributed by atoms with Crippen molar-refractivity contribution in [2.45, 2.75) is 50.6 Å². The average Bonchev–Trinajstić information content (AvgIpc) is 3.62. The van der Waals surface area contributed by atoms with E-state index in [1.807, 2.05) is 4.57 Å².